The Kier molecular flexibility index (Phi) is 3.87. The molecular weight excluding hydrogens is 290 g/mol. The second kappa shape index (κ2) is 5.66. The highest BCUT2D eigenvalue weighted by Gasteiger charge is 2.37. The van der Waals surface area contributed by atoms with Crippen molar-refractivity contribution in [2.75, 3.05) is 26.2 Å². The van der Waals surface area contributed by atoms with E-state index < -0.39 is 11.8 Å². The van der Waals surface area contributed by atoms with Gasteiger partial charge in [-0.3, -0.25) is 14.5 Å². The van der Waals surface area contributed by atoms with E-state index in [1.165, 1.54) is 11.1 Å². The highest BCUT2D eigenvalue weighted by molar-refractivity contribution is 6.35. The summed E-state index contributed by atoms with van der Waals surface area (Å²) in [6.07, 6.45) is 0. The summed E-state index contributed by atoms with van der Waals surface area (Å²) in [6, 6.07) is 6.01. The third kappa shape index (κ3) is 2.89. The van der Waals surface area contributed by atoms with E-state index in [1.54, 1.807) is 4.90 Å². The number of rotatable bonds is 2. The van der Waals surface area contributed by atoms with Crippen LogP contribution in [0.5, 0.6) is 0 Å². The molecule has 2 amide bonds. The number of halogens is 1. The summed E-state index contributed by atoms with van der Waals surface area (Å²) >= 11 is 5.98. The number of hydrogen-bond donors (Lipinski definition) is 1. The number of carbonyl (C=O) groups is 2. The van der Waals surface area contributed by atoms with Crippen molar-refractivity contribution in [3.05, 3.63) is 34.3 Å². The van der Waals surface area contributed by atoms with Gasteiger partial charge < -0.3 is 10.2 Å². The van der Waals surface area contributed by atoms with Gasteiger partial charge >= 0.3 is 11.8 Å². The smallest absolute Gasteiger partial charge is 0.312 e. The number of carbonyl (C=O) groups excluding carboxylic acids is 2. The fourth-order valence-electron chi connectivity index (χ4n) is 3.00. The van der Waals surface area contributed by atoms with Crippen molar-refractivity contribution in [1.29, 1.82) is 0 Å². The predicted octanol–water partition coefficient (Wildman–Crippen LogP) is 0.791. The van der Waals surface area contributed by atoms with Crippen molar-refractivity contribution in [3.8, 4) is 0 Å². The lowest BCUT2D eigenvalue weighted by molar-refractivity contribution is -0.152. The molecule has 0 spiro atoms. The molecule has 2 saturated heterocycles. The topological polar surface area (TPSA) is 52.7 Å². The lowest BCUT2D eigenvalue weighted by atomic mass is 10.1. The molecular formula is C15H18ClN3O2. The fraction of sp³-hybridized carbons (Fsp3) is 0.467. The molecule has 1 aromatic carbocycles. The van der Waals surface area contributed by atoms with Crippen LogP contribution < -0.4 is 5.32 Å². The summed E-state index contributed by atoms with van der Waals surface area (Å²) in [7, 11) is 0. The molecule has 21 heavy (non-hydrogen) atoms. The maximum atomic E-state index is 11.8. The molecule has 0 aromatic heterocycles. The average Bonchev–Trinajstić information content (AvgIpc) is 2.46. The number of benzene rings is 1. The van der Waals surface area contributed by atoms with Crippen molar-refractivity contribution in [1.82, 2.24) is 15.1 Å². The van der Waals surface area contributed by atoms with Gasteiger partial charge in [0, 0.05) is 37.7 Å². The zero-order chi connectivity index (χ0) is 15.0. The van der Waals surface area contributed by atoms with Crippen LogP contribution in [0, 0.1) is 6.92 Å². The van der Waals surface area contributed by atoms with Crippen molar-refractivity contribution in [2.24, 2.45) is 0 Å². The van der Waals surface area contributed by atoms with Gasteiger partial charge in [0.15, 0.2) is 0 Å². The zero-order valence-electron chi connectivity index (χ0n) is 11.9. The number of fused-ring (bicyclic) bond motifs is 1. The van der Waals surface area contributed by atoms with Crippen LogP contribution in [-0.2, 0) is 16.1 Å². The van der Waals surface area contributed by atoms with Gasteiger partial charge in [-0.1, -0.05) is 17.7 Å². The first kappa shape index (κ1) is 14.4. The Morgan fingerprint density at radius 2 is 2.14 bits per heavy atom. The highest BCUT2D eigenvalue weighted by Crippen LogP contribution is 2.19. The second-order valence-corrected chi connectivity index (χ2v) is 6.10. The van der Waals surface area contributed by atoms with Gasteiger partial charge in [-0.05, 0) is 30.2 Å². The Bertz CT molecular complexity index is 590. The maximum absolute atomic E-state index is 11.8. The van der Waals surface area contributed by atoms with Gasteiger partial charge in [-0.25, -0.2) is 0 Å². The Balaban J connectivity index is 1.67. The van der Waals surface area contributed by atoms with E-state index in [9.17, 15) is 9.59 Å². The van der Waals surface area contributed by atoms with Crippen LogP contribution in [-0.4, -0.2) is 53.8 Å². The number of amides is 2. The summed E-state index contributed by atoms with van der Waals surface area (Å²) in [5, 5.41) is 3.41. The number of nitrogens with one attached hydrogen (secondary N) is 1. The molecule has 2 aliphatic heterocycles. The fourth-order valence-corrected chi connectivity index (χ4v) is 3.23. The first-order valence-electron chi connectivity index (χ1n) is 7.11. The molecule has 2 aliphatic rings. The average molecular weight is 308 g/mol. The van der Waals surface area contributed by atoms with Crippen LogP contribution in [0.15, 0.2) is 18.2 Å². The Labute approximate surface area is 128 Å². The standard InChI is InChI=1S/C15H18ClN3O2/c1-10-6-12(16)3-2-11(10)8-18-4-5-19-13(9-18)7-17-14(20)15(19)21/h2-3,6,13H,4-5,7-9H2,1H3,(H,17,20)/t13-/m1/s1. The van der Waals surface area contributed by atoms with Crippen LogP contribution in [0.1, 0.15) is 11.1 Å². The van der Waals surface area contributed by atoms with Crippen molar-refractivity contribution < 1.29 is 9.59 Å². The minimum Gasteiger partial charge on any atom is -0.346 e. The van der Waals surface area contributed by atoms with E-state index in [4.69, 9.17) is 11.6 Å². The molecule has 1 N–H and O–H groups in total. The molecule has 6 heteroatoms. The van der Waals surface area contributed by atoms with E-state index in [0.717, 1.165) is 24.7 Å². The van der Waals surface area contributed by atoms with Crippen LogP contribution in [0.4, 0.5) is 0 Å². The Morgan fingerprint density at radius 3 is 2.90 bits per heavy atom. The van der Waals surface area contributed by atoms with Gasteiger partial charge in [0.2, 0.25) is 0 Å². The summed E-state index contributed by atoms with van der Waals surface area (Å²) in [5.41, 5.74) is 2.43. The molecule has 112 valence electrons. The third-order valence-corrected chi connectivity index (χ3v) is 4.45. The van der Waals surface area contributed by atoms with Crippen molar-refractivity contribution in [3.63, 3.8) is 0 Å². The van der Waals surface area contributed by atoms with E-state index in [2.05, 4.69) is 23.2 Å². The molecule has 0 aliphatic carbocycles. The van der Waals surface area contributed by atoms with E-state index >= 15 is 0 Å². The normalized spacial score (nSPS) is 23.0. The SMILES string of the molecule is Cc1cc(Cl)ccc1CN1CCN2C(=O)C(=O)NC[C@@H]2C1. The largest absolute Gasteiger partial charge is 0.346 e. The van der Waals surface area contributed by atoms with Crippen molar-refractivity contribution in [2.45, 2.75) is 19.5 Å². The Hall–Kier alpha value is -1.59. The summed E-state index contributed by atoms with van der Waals surface area (Å²) in [5.74, 6) is -0.873. The monoisotopic (exact) mass is 307 g/mol. The van der Waals surface area contributed by atoms with Crippen LogP contribution >= 0.6 is 11.6 Å². The minimum atomic E-state index is -0.478. The first-order chi connectivity index (χ1) is 10.0. The van der Waals surface area contributed by atoms with Crippen molar-refractivity contribution >= 4 is 23.4 Å². The summed E-state index contributed by atoms with van der Waals surface area (Å²) < 4.78 is 0. The molecule has 2 fully saturated rings. The molecule has 5 nitrogen and oxygen atoms in total. The van der Waals surface area contributed by atoms with Gasteiger partial charge in [0.1, 0.15) is 0 Å². The molecule has 0 saturated carbocycles. The van der Waals surface area contributed by atoms with Gasteiger partial charge in [-0.2, -0.15) is 0 Å². The third-order valence-electron chi connectivity index (χ3n) is 4.22. The Morgan fingerprint density at radius 1 is 1.33 bits per heavy atom. The first-order valence-corrected chi connectivity index (χ1v) is 7.48. The number of hydrogen-bond acceptors (Lipinski definition) is 3. The summed E-state index contributed by atoms with van der Waals surface area (Å²) in [6.45, 7) is 5.63. The number of piperazine rings is 2. The molecule has 1 aromatic rings. The number of nitrogens with zero attached hydrogens (tertiary/aromatic N) is 2. The minimum absolute atomic E-state index is 0.0801. The maximum Gasteiger partial charge on any atom is 0.312 e. The molecule has 3 rings (SSSR count). The quantitative estimate of drug-likeness (QED) is 0.822. The van der Waals surface area contributed by atoms with Crippen LogP contribution in [0.2, 0.25) is 5.02 Å². The zero-order valence-corrected chi connectivity index (χ0v) is 12.7. The van der Waals surface area contributed by atoms with Crippen LogP contribution in [0.3, 0.4) is 0 Å². The number of aryl methyl sites for hydroxylation is 1. The van der Waals surface area contributed by atoms with E-state index in [0.29, 0.717) is 13.1 Å². The lowest BCUT2D eigenvalue weighted by Gasteiger charge is -2.43. The van der Waals surface area contributed by atoms with E-state index in [1.807, 2.05) is 12.1 Å². The lowest BCUT2D eigenvalue weighted by Crippen LogP contribution is -2.65. The summed E-state index contributed by atoms with van der Waals surface area (Å²) in [4.78, 5) is 27.2. The molecule has 1 atom stereocenters. The van der Waals surface area contributed by atoms with Gasteiger partial charge in [0.05, 0.1) is 6.04 Å². The molecule has 0 radical (unpaired) electrons. The van der Waals surface area contributed by atoms with E-state index in [-0.39, 0.29) is 6.04 Å². The molecule has 0 unspecified atom stereocenters. The molecule has 2 heterocycles. The highest BCUT2D eigenvalue weighted by atomic mass is 35.5. The van der Waals surface area contributed by atoms with Crippen LogP contribution in [0.25, 0.3) is 0 Å². The van der Waals surface area contributed by atoms with Gasteiger partial charge in [-0.15, -0.1) is 0 Å². The second-order valence-electron chi connectivity index (χ2n) is 5.67. The predicted molar refractivity (Wildman–Crippen MR) is 80.0 cm³/mol. The molecule has 0 bridgehead atoms. The van der Waals surface area contributed by atoms with Gasteiger partial charge in [0.25, 0.3) is 0 Å².